The smallest absolute Gasteiger partial charge is 0.103 e. The monoisotopic (exact) mass is 364 g/mol. The molecule has 18 heavy (non-hydrogen) atoms. The maximum atomic E-state index is 9.11. The summed E-state index contributed by atoms with van der Waals surface area (Å²) >= 11 is 6.82. The molecule has 4 heteroatoms. The van der Waals surface area contributed by atoms with E-state index in [1.165, 1.54) is 0 Å². The Morgan fingerprint density at radius 3 is 2.61 bits per heavy atom. The Morgan fingerprint density at radius 1 is 1.11 bits per heavy atom. The summed E-state index contributed by atoms with van der Waals surface area (Å²) in [5.41, 5.74) is 2.63. The van der Waals surface area contributed by atoms with E-state index < -0.39 is 0 Å². The lowest BCUT2D eigenvalue weighted by Crippen LogP contribution is -2.01. The molecule has 0 aliphatic rings. The molecule has 2 aromatic rings. The minimum atomic E-state index is 0.632. The molecule has 0 saturated heterocycles. The predicted molar refractivity (Wildman–Crippen MR) is 80.3 cm³/mol. The first-order valence-corrected chi connectivity index (χ1v) is 6.96. The molecule has 0 saturated carbocycles. The molecule has 0 aliphatic heterocycles. The topological polar surface area (TPSA) is 35.8 Å². The third-order valence-electron chi connectivity index (χ3n) is 2.50. The Balaban J connectivity index is 2.16. The van der Waals surface area contributed by atoms with Crippen molar-refractivity contribution in [1.82, 2.24) is 0 Å². The lowest BCUT2D eigenvalue weighted by atomic mass is 10.1. The van der Waals surface area contributed by atoms with Gasteiger partial charge in [-0.1, -0.05) is 34.1 Å². The van der Waals surface area contributed by atoms with Crippen LogP contribution in [0.2, 0.25) is 0 Å². The zero-order valence-corrected chi connectivity index (χ0v) is 12.6. The third kappa shape index (κ3) is 3.12. The summed E-state index contributed by atoms with van der Waals surface area (Å²) in [5.74, 6) is 0. The molecule has 2 nitrogen and oxygen atoms in total. The van der Waals surface area contributed by atoms with E-state index in [0.29, 0.717) is 12.1 Å². The number of nitrogens with one attached hydrogen (secondary N) is 1. The van der Waals surface area contributed by atoms with Gasteiger partial charge < -0.3 is 5.32 Å². The summed E-state index contributed by atoms with van der Waals surface area (Å²) in [6, 6.07) is 16.0. The number of anilines is 1. The van der Waals surface area contributed by atoms with Crippen LogP contribution in [0.3, 0.4) is 0 Å². The van der Waals surface area contributed by atoms with E-state index in [1.54, 1.807) is 0 Å². The second kappa shape index (κ2) is 6.03. The van der Waals surface area contributed by atoms with Crippen molar-refractivity contribution in [3.05, 3.63) is 62.5 Å². The summed E-state index contributed by atoms with van der Waals surface area (Å²) in [6.07, 6.45) is 0. The highest BCUT2D eigenvalue weighted by molar-refractivity contribution is 9.10. The molecule has 0 unspecified atom stereocenters. The molecular formula is C14H10Br2N2. The molecule has 1 N–H and O–H groups in total. The van der Waals surface area contributed by atoms with Crippen molar-refractivity contribution < 1.29 is 0 Å². The zero-order valence-electron chi connectivity index (χ0n) is 9.45. The average molecular weight is 366 g/mol. The highest BCUT2D eigenvalue weighted by Gasteiger charge is 2.05. The van der Waals surface area contributed by atoms with Gasteiger partial charge in [0.25, 0.3) is 0 Å². The number of halogens is 2. The van der Waals surface area contributed by atoms with E-state index in [4.69, 9.17) is 5.26 Å². The lowest BCUT2D eigenvalue weighted by Gasteiger charge is -2.09. The van der Waals surface area contributed by atoms with Crippen LogP contribution in [0.25, 0.3) is 0 Å². The van der Waals surface area contributed by atoms with Crippen LogP contribution >= 0.6 is 31.9 Å². The second-order valence-electron chi connectivity index (χ2n) is 3.76. The number of rotatable bonds is 3. The average Bonchev–Trinajstić information content (AvgIpc) is 2.36. The molecule has 0 atom stereocenters. The van der Waals surface area contributed by atoms with Gasteiger partial charge in [-0.15, -0.1) is 0 Å². The molecule has 0 radical (unpaired) electrons. The molecular weight excluding hydrogens is 356 g/mol. The maximum Gasteiger partial charge on any atom is 0.103 e. The molecule has 0 spiro atoms. The van der Waals surface area contributed by atoms with Gasteiger partial charge in [0.2, 0.25) is 0 Å². The number of nitriles is 1. The van der Waals surface area contributed by atoms with Crippen LogP contribution in [0.1, 0.15) is 11.1 Å². The van der Waals surface area contributed by atoms with Gasteiger partial charge in [0, 0.05) is 15.5 Å². The van der Waals surface area contributed by atoms with Crippen LogP contribution in [0.5, 0.6) is 0 Å². The van der Waals surface area contributed by atoms with Gasteiger partial charge in [-0.2, -0.15) is 5.26 Å². The molecule has 0 aliphatic carbocycles. The lowest BCUT2D eigenvalue weighted by molar-refractivity contribution is 1.14. The van der Waals surface area contributed by atoms with Gasteiger partial charge in [-0.25, -0.2) is 0 Å². The van der Waals surface area contributed by atoms with Crippen molar-refractivity contribution in [3.63, 3.8) is 0 Å². The van der Waals surface area contributed by atoms with Crippen LogP contribution in [0, 0.1) is 11.3 Å². The second-order valence-corrected chi connectivity index (χ2v) is 5.53. The fraction of sp³-hybridized carbons (Fsp3) is 0.0714. The molecule has 90 valence electrons. The van der Waals surface area contributed by atoms with Crippen molar-refractivity contribution in [3.8, 4) is 6.07 Å². The summed E-state index contributed by atoms with van der Waals surface area (Å²) in [7, 11) is 0. The molecule has 2 aromatic carbocycles. The first kappa shape index (κ1) is 13.1. The minimum Gasteiger partial charge on any atom is -0.380 e. The van der Waals surface area contributed by atoms with Crippen LogP contribution in [0.15, 0.2) is 51.4 Å². The van der Waals surface area contributed by atoms with Gasteiger partial charge in [0.1, 0.15) is 6.07 Å². The third-order valence-corrected chi connectivity index (χ3v) is 3.65. The molecule has 2 rings (SSSR count). The first-order valence-electron chi connectivity index (χ1n) is 5.37. The van der Waals surface area contributed by atoms with Crippen molar-refractivity contribution in [2.45, 2.75) is 6.54 Å². The zero-order chi connectivity index (χ0) is 13.0. The van der Waals surface area contributed by atoms with Crippen molar-refractivity contribution in [1.29, 1.82) is 5.26 Å². The Morgan fingerprint density at radius 2 is 1.89 bits per heavy atom. The summed E-state index contributed by atoms with van der Waals surface area (Å²) in [5, 5.41) is 12.4. The van der Waals surface area contributed by atoms with Crippen LogP contribution < -0.4 is 5.32 Å². The Kier molecular flexibility index (Phi) is 4.40. The fourth-order valence-electron chi connectivity index (χ4n) is 1.63. The molecule has 0 fully saturated rings. The van der Waals surface area contributed by atoms with Crippen LogP contribution in [0.4, 0.5) is 5.69 Å². The SMILES string of the molecule is N#Cc1c(Br)cccc1NCc1cccc(Br)c1. The number of hydrogen-bond acceptors (Lipinski definition) is 2. The fourth-order valence-corrected chi connectivity index (χ4v) is 2.53. The summed E-state index contributed by atoms with van der Waals surface area (Å²) in [6.45, 7) is 0.685. The van der Waals surface area contributed by atoms with Crippen LogP contribution in [-0.4, -0.2) is 0 Å². The molecule has 0 heterocycles. The number of nitrogens with zero attached hydrogens (tertiary/aromatic N) is 1. The van der Waals surface area contributed by atoms with E-state index in [0.717, 1.165) is 20.2 Å². The Labute approximate surface area is 123 Å². The van der Waals surface area contributed by atoms with E-state index in [2.05, 4.69) is 49.3 Å². The minimum absolute atomic E-state index is 0.632. The van der Waals surface area contributed by atoms with E-state index >= 15 is 0 Å². The van der Waals surface area contributed by atoms with Crippen molar-refractivity contribution >= 4 is 37.5 Å². The largest absolute Gasteiger partial charge is 0.380 e. The van der Waals surface area contributed by atoms with Gasteiger partial charge in [0.05, 0.1) is 11.3 Å². The van der Waals surface area contributed by atoms with Crippen molar-refractivity contribution in [2.75, 3.05) is 5.32 Å². The summed E-state index contributed by atoms with van der Waals surface area (Å²) < 4.78 is 1.86. The number of benzene rings is 2. The van der Waals surface area contributed by atoms with Gasteiger partial charge in [-0.05, 0) is 45.8 Å². The Hall–Kier alpha value is -1.31. The predicted octanol–water partition coefficient (Wildman–Crippen LogP) is 4.70. The molecule has 0 amide bonds. The standard InChI is InChI=1S/C14H10Br2N2/c15-11-4-1-3-10(7-11)9-18-14-6-2-5-13(16)12(14)8-17/h1-7,18H,9H2. The Bertz CT molecular complexity index is 603. The van der Waals surface area contributed by atoms with E-state index in [-0.39, 0.29) is 0 Å². The van der Waals surface area contributed by atoms with Gasteiger partial charge >= 0.3 is 0 Å². The maximum absolute atomic E-state index is 9.11. The quantitative estimate of drug-likeness (QED) is 0.855. The molecule has 0 aromatic heterocycles. The normalized spacial score (nSPS) is 9.83. The van der Waals surface area contributed by atoms with Crippen LogP contribution in [-0.2, 0) is 6.54 Å². The number of hydrogen-bond donors (Lipinski definition) is 1. The van der Waals surface area contributed by atoms with Gasteiger partial charge in [-0.3, -0.25) is 0 Å². The molecule has 0 bridgehead atoms. The van der Waals surface area contributed by atoms with Crippen molar-refractivity contribution in [2.24, 2.45) is 0 Å². The summed E-state index contributed by atoms with van der Waals surface area (Å²) in [4.78, 5) is 0. The van der Waals surface area contributed by atoms with E-state index in [9.17, 15) is 0 Å². The highest BCUT2D eigenvalue weighted by atomic mass is 79.9. The van der Waals surface area contributed by atoms with Gasteiger partial charge in [0.15, 0.2) is 0 Å². The van der Waals surface area contributed by atoms with E-state index in [1.807, 2.05) is 36.4 Å². The first-order chi connectivity index (χ1) is 8.70. The highest BCUT2D eigenvalue weighted by Crippen LogP contribution is 2.24.